The van der Waals surface area contributed by atoms with E-state index in [0.29, 0.717) is 6.04 Å². The van der Waals surface area contributed by atoms with Crippen molar-refractivity contribution in [3.8, 4) is 0 Å². The van der Waals surface area contributed by atoms with Crippen LogP contribution >= 0.6 is 0 Å². The lowest BCUT2D eigenvalue weighted by Gasteiger charge is -2.19. The van der Waals surface area contributed by atoms with Crippen molar-refractivity contribution >= 4 is 11.5 Å². The second-order valence-electron chi connectivity index (χ2n) is 5.12. The number of hydrogen-bond donors (Lipinski definition) is 1. The average molecular weight is 269 g/mol. The quantitative estimate of drug-likeness (QED) is 0.894. The fraction of sp³-hybridized carbons (Fsp3) is 0.353. The molecule has 1 aromatic carbocycles. The molecule has 106 valence electrons. The van der Waals surface area contributed by atoms with E-state index in [0.717, 1.165) is 18.1 Å². The number of hydrogen-bond acceptors (Lipinski definition) is 3. The van der Waals surface area contributed by atoms with Crippen LogP contribution in [-0.4, -0.2) is 18.6 Å². The summed E-state index contributed by atoms with van der Waals surface area (Å²) in [7, 11) is 2.04. The van der Waals surface area contributed by atoms with Crippen LogP contribution in [0.2, 0.25) is 0 Å². The van der Waals surface area contributed by atoms with Gasteiger partial charge < -0.3 is 10.2 Å². The van der Waals surface area contributed by atoms with Crippen molar-refractivity contribution in [1.82, 2.24) is 10.3 Å². The van der Waals surface area contributed by atoms with E-state index in [1.165, 1.54) is 11.1 Å². The molecule has 1 N–H and O–H groups in total. The maximum absolute atomic E-state index is 4.57. The van der Waals surface area contributed by atoms with E-state index in [4.69, 9.17) is 0 Å². The molecule has 1 unspecified atom stereocenters. The first-order chi connectivity index (χ1) is 9.61. The highest BCUT2D eigenvalue weighted by atomic mass is 15.2. The molecule has 0 aliphatic rings. The fourth-order valence-electron chi connectivity index (χ4n) is 2.18. The van der Waals surface area contributed by atoms with Gasteiger partial charge in [-0.3, -0.25) is 0 Å². The summed E-state index contributed by atoms with van der Waals surface area (Å²) in [6.07, 6.45) is 1.95. The lowest BCUT2D eigenvalue weighted by Crippen LogP contribution is -2.18. The van der Waals surface area contributed by atoms with E-state index in [1.54, 1.807) is 0 Å². The molecule has 0 saturated heterocycles. The third-order valence-electron chi connectivity index (χ3n) is 3.55. The van der Waals surface area contributed by atoms with E-state index in [1.807, 2.05) is 13.2 Å². The topological polar surface area (TPSA) is 28.2 Å². The van der Waals surface area contributed by atoms with Crippen molar-refractivity contribution in [2.45, 2.75) is 26.8 Å². The average Bonchev–Trinajstić information content (AvgIpc) is 2.48. The van der Waals surface area contributed by atoms with E-state index in [-0.39, 0.29) is 0 Å². The maximum atomic E-state index is 4.57. The molecule has 1 atom stereocenters. The fourth-order valence-corrected chi connectivity index (χ4v) is 2.18. The SMILES string of the molecule is CCNC(C)c1ccc(N(C)c2ccc(C)cc2)nc1. The Hall–Kier alpha value is -1.87. The zero-order valence-electron chi connectivity index (χ0n) is 12.7. The van der Waals surface area contributed by atoms with Gasteiger partial charge in [0.1, 0.15) is 5.82 Å². The van der Waals surface area contributed by atoms with Crippen LogP contribution in [0, 0.1) is 6.92 Å². The number of aromatic nitrogens is 1. The summed E-state index contributed by atoms with van der Waals surface area (Å²) < 4.78 is 0. The van der Waals surface area contributed by atoms with Gasteiger partial charge in [0.25, 0.3) is 0 Å². The van der Waals surface area contributed by atoms with Gasteiger partial charge in [0.2, 0.25) is 0 Å². The molecule has 1 heterocycles. The number of nitrogens with zero attached hydrogens (tertiary/aromatic N) is 2. The Morgan fingerprint density at radius 2 is 1.85 bits per heavy atom. The Bertz CT molecular complexity index is 531. The summed E-state index contributed by atoms with van der Waals surface area (Å²) in [5, 5.41) is 3.39. The number of anilines is 2. The van der Waals surface area contributed by atoms with E-state index < -0.39 is 0 Å². The normalized spacial score (nSPS) is 12.2. The standard InChI is InChI=1S/C17H23N3/c1-5-18-14(3)15-8-11-17(19-12-15)20(4)16-9-6-13(2)7-10-16/h6-12,14,18H,5H2,1-4H3. The molecule has 20 heavy (non-hydrogen) atoms. The number of rotatable bonds is 5. The highest BCUT2D eigenvalue weighted by molar-refractivity contribution is 5.59. The monoisotopic (exact) mass is 269 g/mol. The molecule has 0 spiro atoms. The first kappa shape index (κ1) is 14.5. The summed E-state index contributed by atoms with van der Waals surface area (Å²) in [5.74, 6) is 0.960. The molecule has 0 aliphatic heterocycles. The van der Waals surface area contributed by atoms with Crippen molar-refractivity contribution in [1.29, 1.82) is 0 Å². The second kappa shape index (κ2) is 6.53. The summed E-state index contributed by atoms with van der Waals surface area (Å²) in [4.78, 5) is 6.67. The van der Waals surface area contributed by atoms with Crippen LogP contribution in [0.1, 0.15) is 31.0 Å². The third-order valence-corrected chi connectivity index (χ3v) is 3.55. The highest BCUT2D eigenvalue weighted by Crippen LogP contribution is 2.23. The molecule has 0 amide bonds. The Morgan fingerprint density at radius 3 is 2.40 bits per heavy atom. The summed E-state index contributed by atoms with van der Waals surface area (Å²) in [6.45, 7) is 7.33. The van der Waals surface area contributed by atoms with Crippen molar-refractivity contribution in [3.05, 3.63) is 53.7 Å². The van der Waals surface area contributed by atoms with Gasteiger partial charge in [-0.1, -0.05) is 30.7 Å². The third kappa shape index (κ3) is 3.36. The minimum Gasteiger partial charge on any atom is -0.329 e. The van der Waals surface area contributed by atoms with E-state index >= 15 is 0 Å². The minimum absolute atomic E-state index is 0.339. The number of aryl methyl sites for hydroxylation is 1. The number of benzene rings is 1. The van der Waals surface area contributed by atoms with Crippen LogP contribution in [0.3, 0.4) is 0 Å². The molecule has 3 nitrogen and oxygen atoms in total. The Morgan fingerprint density at radius 1 is 1.15 bits per heavy atom. The van der Waals surface area contributed by atoms with Crippen molar-refractivity contribution < 1.29 is 0 Å². The smallest absolute Gasteiger partial charge is 0.132 e. The maximum Gasteiger partial charge on any atom is 0.132 e. The van der Waals surface area contributed by atoms with Gasteiger partial charge in [0.15, 0.2) is 0 Å². The van der Waals surface area contributed by atoms with Gasteiger partial charge in [-0.2, -0.15) is 0 Å². The number of nitrogens with one attached hydrogen (secondary N) is 1. The lowest BCUT2D eigenvalue weighted by molar-refractivity contribution is 0.596. The van der Waals surface area contributed by atoms with Crippen LogP contribution in [0.15, 0.2) is 42.6 Å². The van der Waals surface area contributed by atoms with Gasteiger partial charge in [0, 0.05) is 25.0 Å². The van der Waals surface area contributed by atoms with E-state index in [9.17, 15) is 0 Å². The molecular weight excluding hydrogens is 246 g/mol. The predicted molar refractivity (Wildman–Crippen MR) is 85.6 cm³/mol. The summed E-state index contributed by atoms with van der Waals surface area (Å²) >= 11 is 0. The largest absolute Gasteiger partial charge is 0.329 e. The van der Waals surface area contributed by atoms with Gasteiger partial charge in [-0.05, 0) is 44.2 Å². The molecule has 1 aromatic heterocycles. The molecule has 0 saturated carbocycles. The van der Waals surface area contributed by atoms with E-state index in [2.05, 4.69) is 72.4 Å². The van der Waals surface area contributed by atoms with Crippen LogP contribution in [0.5, 0.6) is 0 Å². The van der Waals surface area contributed by atoms with Gasteiger partial charge in [-0.15, -0.1) is 0 Å². The van der Waals surface area contributed by atoms with Crippen LogP contribution in [-0.2, 0) is 0 Å². The molecular formula is C17H23N3. The molecule has 2 aromatic rings. The molecule has 0 fully saturated rings. The Kier molecular flexibility index (Phi) is 4.74. The Balaban J connectivity index is 2.15. The van der Waals surface area contributed by atoms with Crippen LogP contribution in [0.25, 0.3) is 0 Å². The van der Waals surface area contributed by atoms with Gasteiger partial charge >= 0.3 is 0 Å². The minimum atomic E-state index is 0.339. The zero-order chi connectivity index (χ0) is 14.5. The molecule has 0 radical (unpaired) electrons. The summed E-state index contributed by atoms with van der Waals surface area (Å²) in [6, 6.07) is 13.0. The van der Waals surface area contributed by atoms with Gasteiger partial charge in [-0.25, -0.2) is 4.98 Å². The lowest BCUT2D eigenvalue weighted by atomic mass is 10.1. The molecule has 0 aliphatic carbocycles. The molecule has 3 heteroatoms. The second-order valence-corrected chi connectivity index (χ2v) is 5.12. The van der Waals surface area contributed by atoms with Crippen LogP contribution in [0.4, 0.5) is 11.5 Å². The Labute approximate surface area is 121 Å². The predicted octanol–water partition coefficient (Wildman–Crippen LogP) is 3.83. The first-order valence-corrected chi connectivity index (χ1v) is 7.11. The zero-order valence-corrected chi connectivity index (χ0v) is 12.7. The number of pyridine rings is 1. The van der Waals surface area contributed by atoms with Crippen molar-refractivity contribution in [3.63, 3.8) is 0 Å². The first-order valence-electron chi connectivity index (χ1n) is 7.11. The van der Waals surface area contributed by atoms with Crippen LogP contribution < -0.4 is 10.2 Å². The van der Waals surface area contributed by atoms with Gasteiger partial charge in [0.05, 0.1) is 0 Å². The van der Waals surface area contributed by atoms with Crippen molar-refractivity contribution in [2.24, 2.45) is 0 Å². The molecule has 2 rings (SSSR count). The summed E-state index contributed by atoms with van der Waals surface area (Å²) in [5.41, 5.74) is 3.63. The molecule has 0 bridgehead atoms. The highest BCUT2D eigenvalue weighted by Gasteiger charge is 2.07. The van der Waals surface area contributed by atoms with Crippen molar-refractivity contribution in [2.75, 3.05) is 18.5 Å².